The highest BCUT2D eigenvalue weighted by atomic mass is 16.1. The molecular weight excluding hydrogens is 226 g/mol. The number of piperidine rings is 1. The summed E-state index contributed by atoms with van der Waals surface area (Å²) in [6, 6.07) is 5.92. The summed E-state index contributed by atoms with van der Waals surface area (Å²) in [7, 11) is 0. The average Bonchev–Trinajstić information content (AvgIpc) is 2.87. The molecule has 0 bridgehead atoms. The van der Waals surface area contributed by atoms with Gasteiger partial charge in [-0.1, -0.05) is 6.07 Å². The van der Waals surface area contributed by atoms with Gasteiger partial charge in [0.2, 0.25) is 0 Å². The average molecular weight is 243 g/mol. The maximum absolute atomic E-state index is 11.4. The molecule has 1 aliphatic heterocycles. The summed E-state index contributed by atoms with van der Waals surface area (Å²) in [5.41, 5.74) is 8.14. The van der Waals surface area contributed by atoms with Gasteiger partial charge in [-0.15, -0.1) is 0 Å². The van der Waals surface area contributed by atoms with Crippen LogP contribution in [0.25, 0.3) is 10.9 Å². The largest absolute Gasteiger partial charge is 0.366 e. The molecule has 1 atom stereocenters. The third-order valence-corrected chi connectivity index (χ3v) is 3.76. The summed E-state index contributed by atoms with van der Waals surface area (Å²) in [4.78, 5) is 14.5. The first kappa shape index (κ1) is 11.3. The first-order chi connectivity index (χ1) is 8.77. The molecule has 0 radical (unpaired) electrons. The number of carbonyl (C=O) groups excluding carboxylic acids is 1. The van der Waals surface area contributed by atoms with E-state index in [1.807, 2.05) is 24.4 Å². The number of nitrogens with two attached hydrogens (primary N) is 1. The summed E-state index contributed by atoms with van der Waals surface area (Å²) >= 11 is 0. The second kappa shape index (κ2) is 4.46. The first-order valence-electron chi connectivity index (χ1n) is 6.38. The molecular formula is C14H17N3O. The lowest BCUT2D eigenvalue weighted by atomic mass is 9.88. The summed E-state index contributed by atoms with van der Waals surface area (Å²) < 4.78 is 0. The molecule has 18 heavy (non-hydrogen) atoms. The molecule has 4 N–H and O–H groups in total. The molecule has 2 heterocycles. The van der Waals surface area contributed by atoms with Crippen LogP contribution in [-0.2, 0) is 0 Å². The number of amides is 1. The number of hydrogen-bond donors (Lipinski definition) is 3. The predicted octanol–water partition coefficient (Wildman–Crippen LogP) is 1.73. The maximum Gasteiger partial charge on any atom is 0.250 e. The van der Waals surface area contributed by atoms with Crippen molar-refractivity contribution < 1.29 is 4.79 Å². The van der Waals surface area contributed by atoms with Crippen molar-refractivity contribution in [3.8, 4) is 0 Å². The highest BCUT2D eigenvalue weighted by molar-refractivity contribution is 6.05. The maximum atomic E-state index is 11.4. The molecule has 0 spiro atoms. The van der Waals surface area contributed by atoms with Crippen molar-refractivity contribution in [1.82, 2.24) is 10.3 Å². The molecule has 1 aromatic carbocycles. The Morgan fingerprint density at radius 3 is 2.94 bits per heavy atom. The monoisotopic (exact) mass is 243 g/mol. The third kappa shape index (κ3) is 1.78. The van der Waals surface area contributed by atoms with Crippen molar-refractivity contribution in [3.05, 3.63) is 35.5 Å². The lowest BCUT2D eigenvalue weighted by Gasteiger charge is -2.24. The number of primary amides is 1. The van der Waals surface area contributed by atoms with Crippen LogP contribution < -0.4 is 11.1 Å². The summed E-state index contributed by atoms with van der Waals surface area (Å²) in [6.07, 6.45) is 4.27. The Bertz CT molecular complexity index is 582. The number of benzene rings is 1. The highest BCUT2D eigenvalue weighted by Crippen LogP contribution is 2.31. The first-order valence-corrected chi connectivity index (χ1v) is 6.38. The fraction of sp³-hybridized carbons (Fsp3) is 0.357. The van der Waals surface area contributed by atoms with Gasteiger partial charge < -0.3 is 16.0 Å². The van der Waals surface area contributed by atoms with Gasteiger partial charge in [-0.05, 0) is 43.0 Å². The molecule has 3 rings (SSSR count). The van der Waals surface area contributed by atoms with Gasteiger partial charge in [0.1, 0.15) is 0 Å². The van der Waals surface area contributed by atoms with Crippen molar-refractivity contribution in [2.24, 2.45) is 5.73 Å². The number of carbonyl (C=O) groups is 1. The van der Waals surface area contributed by atoms with Crippen LogP contribution >= 0.6 is 0 Å². The summed E-state index contributed by atoms with van der Waals surface area (Å²) in [5.74, 6) is 0.148. The second-order valence-corrected chi connectivity index (χ2v) is 4.88. The second-order valence-electron chi connectivity index (χ2n) is 4.88. The Labute approximate surface area is 106 Å². The molecule has 0 unspecified atom stereocenters. The van der Waals surface area contributed by atoms with E-state index < -0.39 is 0 Å². The zero-order valence-corrected chi connectivity index (χ0v) is 10.2. The smallest absolute Gasteiger partial charge is 0.250 e. The molecule has 1 fully saturated rings. The van der Waals surface area contributed by atoms with E-state index in [2.05, 4.69) is 10.3 Å². The van der Waals surface area contributed by atoms with Crippen LogP contribution in [0, 0.1) is 0 Å². The van der Waals surface area contributed by atoms with Crippen molar-refractivity contribution in [1.29, 1.82) is 0 Å². The van der Waals surface area contributed by atoms with Crippen molar-refractivity contribution >= 4 is 16.8 Å². The van der Waals surface area contributed by atoms with E-state index in [4.69, 9.17) is 5.73 Å². The van der Waals surface area contributed by atoms with Gasteiger partial charge in [-0.25, -0.2) is 0 Å². The Balaban J connectivity index is 2.10. The van der Waals surface area contributed by atoms with E-state index in [-0.39, 0.29) is 5.91 Å². The zero-order chi connectivity index (χ0) is 12.5. The van der Waals surface area contributed by atoms with Crippen molar-refractivity contribution in [2.75, 3.05) is 13.1 Å². The van der Waals surface area contributed by atoms with Crippen LogP contribution in [0.4, 0.5) is 0 Å². The lowest BCUT2D eigenvalue weighted by Crippen LogP contribution is -2.28. The standard InChI is InChI=1S/C14H17N3O/c15-14(18)12-4-3-10(9-2-1-6-16-8-9)11-5-7-17-13(11)12/h3-5,7,9,16-17H,1-2,6,8H2,(H2,15,18)/t9-/m1/s1. The van der Waals surface area contributed by atoms with E-state index in [1.54, 1.807) is 0 Å². The van der Waals surface area contributed by atoms with E-state index >= 15 is 0 Å². The van der Waals surface area contributed by atoms with Gasteiger partial charge >= 0.3 is 0 Å². The quantitative estimate of drug-likeness (QED) is 0.751. The molecule has 0 saturated carbocycles. The minimum atomic E-state index is -0.379. The van der Waals surface area contributed by atoms with Gasteiger partial charge in [-0.3, -0.25) is 4.79 Å². The van der Waals surface area contributed by atoms with Crippen LogP contribution in [0.3, 0.4) is 0 Å². The number of aromatic nitrogens is 1. The molecule has 1 amide bonds. The number of H-pyrrole nitrogens is 1. The Kier molecular flexibility index (Phi) is 2.80. The van der Waals surface area contributed by atoms with Crippen LogP contribution in [0.15, 0.2) is 24.4 Å². The summed E-state index contributed by atoms with van der Waals surface area (Å²) in [6.45, 7) is 2.11. The fourth-order valence-electron chi connectivity index (χ4n) is 2.86. The van der Waals surface area contributed by atoms with Crippen LogP contribution in [0.5, 0.6) is 0 Å². The molecule has 1 aliphatic rings. The zero-order valence-electron chi connectivity index (χ0n) is 10.2. The number of aromatic amines is 1. The Morgan fingerprint density at radius 2 is 2.22 bits per heavy atom. The molecule has 94 valence electrons. The molecule has 4 nitrogen and oxygen atoms in total. The van der Waals surface area contributed by atoms with E-state index in [0.717, 1.165) is 24.0 Å². The molecule has 0 aliphatic carbocycles. The van der Waals surface area contributed by atoms with Crippen LogP contribution in [-0.4, -0.2) is 24.0 Å². The van der Waals surface area contributed by atoms with Gasteiger partial charge in [0.05, 0.1) is 11.1 Å². The molecule has 4 heteroatoms. The predicted molar refractivity (Wildman–Crippen MR) is 71.7 cm³/mol. The van der Waals surface area contributed by atoms with E-state index in [1.165, 1.54) is 18.4 Å². The normalized spacial score (nSPS) is 20.1. The Hall–Kier alpha value is -1.81. The van der Waals surface area contributed by atoms with Crippen LogP contribution in [0.2, 0.25) is 0 Å². The van der Waals surface area contributed by atoms with E-state index in [9.17, 15) is 4.79 Å². The van der Waals surface area contributed by atoms with Gasteiger partial charge in [0.25, 0.3) is 5.91 Å². The fourth-order valence-corrected chi connectivity index (χ4v) is 2.86. The number of nitrogens with one attached hydrogen (secondary N) is 2. The number of hydrogen-bond acceptors (Lipinski definition) is 2. The molecule has 1 saturated heterocycles. The minimum absolute atomic E-state index is 0.379. The lowest BCUT2D eigenvalue weighted by molar-refractivity contribution is 0.100. The van der Waals surface area contributed by atoms with Crippen molar-refractivity contribution in [2.45, 2.75) is 18.8 Å². The van der Waals surface area contributed by atoms with Gasteiger partial charge in [0, 0.05) is 18.1 Å². The number of rotatable bonds is 2. The molecule has 2 aromatic rings. The minimum Gasteiger partial charge on any atom is -0.366 e. The highest BCUT2D eigenvalue weighted by Gasteiger charge is 2.19. The van der Waals surface area contributed by atoms with Crippen LogP contribution in [0.1, 0.15) is 34.7 Å². The van der Waals surface area contributed by atoms with Gasteiger partial charge in [-0.2, -0.15) is 0 Å². The van der Waals surface area contributed by atoms with Crippen molar-refractivity contribution in [3.63, 3.8) is 0 Å². The van der Waals surface area contributed by atoms with Gasteiger partial charge in [0.15, 0.2) is 0 Å². The SMILES string of the molecule is NC(=O)c1ccc([C@@H]2CCCNC2)c2cc[nH]c12. The topological polar surface area (TPSA) is 70.9 Å². The summed E-state index contributed by atoms with van der Waals surface area (Å²) in [5, 5.41) is 4.55. The third-order valence-electron chi connectivity index (χ3n) is 3.76. The number of fused-ring (bicyclic) bond motifs is 1. The Morgan fingerprint density at radius 1 is 1.33 bits per heavy atom. The van der Waals surface area contributed by atoms with E-state index in [0.29, 0.717) is 11.5 Å². The molecule has 1 aromatic heterocycles.